The van der Waals surface area contributed by atoms with Gasteiger partial charge in [-0.25, -0.2) is 4.39 Å². The molecule has 2 aromatic carbocycles. The highest BCUT2D eigenvalue weighted by Gasteiger charge is 2.34. The average Bonchev–Trinajstić information content (AvgIpc) is 3.51. The monoisotopic (exact) mass is 504 g/mol. The lowest BCUT2D eigenvalue weighted by atomic mass is 9.88. The predicted octanol–water partition coefficient (Wildman–Crippen LogP) is 6.03. The quantitative estimate of drug-likeness (QED) is 0.286. The van der Waals surface area contributed by atoms with Gasteiger partial charge in [-0.1, -0.05) is 25.4 Å². The fraction of sp³-hybridized carbons (Fsp3) is 0.143. The molecule has 6 rings (SSSR count). The third kappa shape index (κ3) is 3.72. The van der Waals surface area contributed by atoms with Crippen molar-refractivity contribution in [1.29, 1.82) is 0 Å². The highest BCUT2D eigenvalue weighted by atomic mass is 35.5. The summed E-state index contributed by atoms with van der Waals surface area (Å²) in [6.07, 6.45) is 1.24. The van der Waals surface area contributed by atoms with Gasteiger partial charge in [0.25, 0.3) is 0 Å². The van der Waals surface area contributed by atoms with Crippen molar-refractivity contribution in [2.24, 2.45) is 0 Å². The topological polar surface area (TPSA) is 94.6 Å². The highest BCUT2D eigenvalue weighted by molar-refractivity contribution is 6.33. The van der Waals surface area contributed by atoms with Gasteiger partial charge in [-0.05, 0) is 48.5 Å². The summed E-state index contributed by atoms with van der Waals surface area (Å²) < 4.78 is 23.9. The van der Waals surface area contributed by atoms with Crippen molar-refractivity contribution in [2.45, 2.75) is 26.7 Å². The van der Waals surface area contributed by atoms with E-state index in [2.05, 4.69) is 0 Å². The number of halogens is 2. The first-order chi connectivity index (χ1) is 17.2. The Labute approximate surface area is 209 Å². The maximum absolute atomic E-state index is 13.1. The van der Waals surface area contributed by atoms with Crippen LogP contribution in [0.25, 0.3) is 0 Å². The van der Waals surface area contributed by atoms with Gasteiger partial charge in [0.15, 0.2) is 23.1 Å². The molecular weight excluding hydrogens is 487 g/mol. The smallest absolute Gasteiger partial charge is 0.229 e. The van der Waals surface area contributed by atoms with E-state index in [0.29, 0.717) is 46.1 Å². The zero-order valence-electron chi connectivity index (χ0n) is 19.2. The number of fused-ring (bicyclic) bond motifs is 4. The number of benzene rings is 2. The minimum Gasteiger partial charge on any atom is -0.457 e. The SMILES string of the molecule is CCc1cc2c(o1)C(=O)c1cc(Cl)ccc1C2=O.CCc1cc2c(o1)C(=O)c1cc(F)ccc1C2=O. The van der Waals surface area contributed by atoms with E-state index >= 15 is 0 Å². The minimum absolute atomic E-state index is 0.0231. The molecule has 0 saturated carbocycles. The molecule has 2 aliphatic carbocycles. The molecule has 8 heteroatoms. The summed E-state index contributed by atoms with van der Waals surface area (Å²) in [6.45, 7) is 3.77. The van der Waals surface area contributed by atoms with Crippen molar-refractivity contribution in [3.05, 3.63) is 116 Å². The van der Waals surface area contributed by atoms with E-state index in [-0.39, 0.29) is 45.6 Å². The first-order valence-electron chi connectivity index (χ1n) is 11.3. The Kier molecular flexibility index (Phi) is 5.80. The summed E-state index contributed by atoms with van der Waals surface area (Å²) in [7, 11) is 0. The zero-order chi connectivity index (χ0) is 25.7. The molecule has 0 N–H and O–H groups in total. The molecule has 4 aromatic rings. The predicted molar refractivity (Wildman–Crippen MR) is 128 cm³/mol. The van der Waals surface area contributed by atoms with Gasteiger partial charge in [0.1, 0.15) is 17.3 Å². The van der Waals surface area contributed by atoms with Crippen LogP contribution in [0.3, 0.4) is 0 Å². The number of carbonyl (C=O) groups excluding carboxylic acids is 4. The van der Waals surface area contributed by atoms with Gasteiger partial charge < -0.3 is 8.83 Å². The molecule has 6 nitrogen and oxygen atoms in total. The number of ketones is 4. The molecule has 2 aliphatic rings. The summed E-state index contributed by atoms with van der Waals surface area (Å²) >= 11 is 5.86. The van der Waals surface area contributed by atoms with Gasteiger partial charge in [0, 0.05) is 40.1 Å². The van der Waals surface area contributed by atoms with Crippen LogP contribution >= 0.6 is 11.6 Å². The number of hydrogen-bond donors (Lipinski definition) is 0. The van der Waals surface area contributed by atoms with Gasteiger partial charge in [0.2, 0.25) is 11.6 Å². The van der Waals surface area contributed by atoms with Gasteiger partial charge >= 0.3 is 0 Å². The Bertz CT molecular complexity index is 1490. The molecule has 180 valence electrons. The van der Waals surface area contributed by atoms with Crippen molar-refractivity contribution in [3.63, 3.8) is 0 Å². The molecule has 0 spiro atoms. The first kappa shape index (κ1) is 23.6. The van der Waals surface area contributed by atoms with Gasteiger partial charge in [0.05, 0.1) is 11.1 Å². The molecule has 0 bridgehead atoms. The van der Waals surface area contributed by atoms with Crippen LogP contribution in [0, 0.1) is 5.82 Å². The molecule has 0 amide bonds. The van der Waals surface area contributed by atoms with Crippen molar-refractivity contribution in [1.82, 2.24) is 0 Å². The van der Waals surface area contributed by atoms with E-state index in [0.717, 1.165) is 6.07 Å². The van der Waals surface area contributed by atoms with Crippen molar-refractivity contribution in [2.75, 3.05) is 0 Å². The second-order valence-electron chi connectivity index (χ2n) is 8.31. The van der Waals surface area contributed by atoms with E-state index in [4.69, 9.17) is 20.4 Å². The van der Waals surface area contributed by atoms with Gasteiger partial charge in [-0.3, -0.25) is 19.2 Å². The number of aryl methyl sites for hydroxylation is 2. The normalized spacial score (nSPS) is 13.4. The van der Waals surface area contributed by atoms with Crippen LogP contribution in [0.2, 0.25) is 5.02 Å². The molecule has 0 aliphatic heterocycles. The Balaban J connectivity index is 0.000000148. The molecule has 0 unspecified atom stereocenters. The molecule has 2 aromatic heterocycles. The molecule has 0 radical (unpaired) electrons. The van der Waals surface area contributed by atoms with Crippen LogP contribution < -0.4 is 0 Å². The zero-order valence-corrected chi connectivity index (χ0v) is 20.0. The van der Waals surface area contributed by atoms with E-state index in [1.165, 1.54) is 18.2 Å². The number of furan rings is 2. The number of carbonyl (C=O) groups is 4. The summed E-state index contributed by atoms with van der Waals surface area (Å²) in [5.74, 6) is -0.346. The second kappa shape index (κ2) is 8.84. The van der Waals surface area contributed by atoms with Gasteiger partial charge in [-0.15, -0.1) is 0 Å². The lowest BCUT2D eigenvalue weighted by molar-refractivity contribution is 0.0959. The minimum atomic E-state index is -0.541. The third-order valence-corrected chi connectivity index (χ3v) is 6.34. The lowest BCUT2D eigenvalue weighted by Gasteiger charge is -2.12. The molecule has 36 heavy (non-hydrogen) atoms. The van der Waals surface area contributed by atoms with Crippen LogP contribution in [-0.4, -0.2) is 23.1 Å². The lowest BCUT2D eigenvalue weighted by Crippen LogP contribution is -2.19. The van der Waals surface area contributed by atoms with Crippen molar-refractivity contribution in [3.8, 4) is 0 Å². The van der Waals surface area contributed by atoms with Crippen LogP contribution in [0.1, 0.15) is 89.4 Å². The molecule has 2 heterocycles. The standard InChI is InChI=1S/C14H9ClO3.C14H9FO3/c2*1-2-8-6-11-12(16)9-4-3-7(15)5-10(9)13(17)14(11)18-8/h2*3-6H,2H2,1H3. The number of rotatable bonds is 2. The Morgan fingerprint density at radius 2 is 1.08 bits per heavy atom. The molecule has 0 fully saturated rings. The van der Waals surface area contributed by atoms with Gasteiger partial charge in [-0.2, -0.15) is 0 Å². The fourth-order valence-corrected chi connectivity index (χ4v) is 4.42. The Morgan fingerprint density at radius 3 is 1.58 bits per heavy atom. The highest BCUT2D eigenvalue weighted by Crippen LogP contribution is 2.32. The van der Waals surface area contributed by atoms with E-state index in [1.807, 2.05) is 13.8 Å². The fourth-order valence-electron chi connectivity index (χ4n) is 4.25. The molecule has 0 atom stereocenters. The Hall–Kier alpha value is -4.10. The molecule has 0 saturated heterocycles. The van der Waals surface area contributed by atoms with Crippen LogP contribution in [0.4, 0.5) is 4.39 Å². The first-order valence-corrected chi connectivity index (χ1v) is 11.6. The summed E-state index contributed by atoms with van der Waals surface area (Å²) in [4.78, 5) is 48.8. The Morgan fingerprint density at radius 1 is 0.611 bits per heavy atom. The second-order valence-corrected chi connectivity index (χ2v) is 8.75. The summed E-state index contributed by atoms with van der Waals surface area (Å²) in [5, 5.41) is 0.431. The summed E-state index contributed by atoms with van der Waals surface area (Å²) in [5.41, 5.74) is 1.64. The van der Waals surface area contributed by atoms with Crippen LogP contribution in [0.5, 0.6) is 0 Å². The average molecular weight is 505 g/mol. The van der Waals surface area contributed by atoms with Crippen LogP contribution in [0.15, 0.2) is 57.4 Å². The maximum atomic E-state index is 13.1. The van der Waals surface area contributed by atoms with E-state index in [9.17, 15) is 23.6 Å². The van der Waals surface area contributed by atoms with E-state index < -0.39 is 11.6 Å². The van der Waals surface area contributed by atoms with Crippen LogP contribution in [-0.2, 0) is 12.8 Å². The summed E-state index contributed by atoms with van der Waals surface area (Å²) in [6, 6.07) is 11.5. The van der Waals surface area contributed by atoms with E-state index in [1.54, 1.807) is 24.3 Å². The van der Waals surface area contributed by atoms with Crippen molar-refractivity contribution < 1.29 is 32.4 Å². The largest absolute Gasteiger partial charge is 0.457 e. The maximum Gasteiger partial charge on any atom is 0.229 e. The molecular formula is C28H18ClFO6. The number of hydrogen-bond acceptors (Lipinski definition) is 6. The third-order valence-electron chi connectivity index (χ3n) is 6.11. The van der Waals surface area contributed by atoms with Crippen molar-refractivity contribution >= 4 is 34.7 Å².